The van der Waals surface area contributed by atoms with Crippen LogP contribution in [0.15, 0.2) is 66.7 Å². The van der Waals surface area contributed by atoms with Crippen molar-refractivity contribution in [3.8, 4) is 34.5 Å². The molecule has 0 unspecified atom stereocenters. The van der Waals surface area contributed by atoms with Gasteiger partial charge < -0.3 is 31.4 Å². The van der Waals surface area contributed by atoms with Crippen LogP contribution in [0.3, 0.4) is 0 Å². The van der Waals surface area contributed by atoms with Crippen molar-refractivity contribution in [2.45, 2.75) is 38.0 Å². The van der Waals surface area contributed by atoms with Crippen molar-refractivity contribution in [2.24, 2.45) is 23.7 Å². The first-order valence-electron chi connectivity index (χ1n) is 14.6. The second kappa shape index (κ2) is 10.6. The fourth-order valence-corrected chi connectivity index (χ4v) is 7.68. The van der Waals surface area contributed by atoms with E-state index >= 15 is 0 Å². The molecule has 6 nitrogen and oxygen atoms in total. The number of nitrogen functional groups attached to an aromatic ring is 3. The molecule has 4 aromatic carbocycles. The Labute approximate surface area is 247 Å². The standard InChI is InChI=1S/C34H32F3N3O3/c35-21-1-4-25(38)28(12-21)41-24-15-31(42-29-13-22(36)2-5-26(29)39)34(32(16-24)43-30-14-23(37)3-6-27(30)40)33-19-8-17-7-18(10-19)11-20(33)9-17/h1-6,12-20,33H,7-11,38-40H2. The Balaban J connectivity index is 1.41. The zero-order valence-corrected chi connectivity index (χ0v) is 23.4. The Morgan fingerprint density at radius 2 is 0.884 bits per heavy atom. The van der Waals surface area contributed by atoms with Crippen molar-refractivity contribution in [3.05, 3.63) is 89.7 Å². The van der Waals surface area contributed by atoms with Crippen molar-refractivity contribution in [3.63, 3.8) is 0 Å². The minimum absolute atomic E-state index is 0.0654. The van der Waals surface area contributed by atoms with Gasteiger partial charge in [-0.15, -0.1) is 0 Å². The Kier molecular flexibility index (Phi) is 6.75. The molecule has 6 N–H and O–H groups in total. The van der Waals surface area contributed by atoms with Gasteiger partial charge in [-0.05, 0) is 98.1 Å². The Morgan fingerprint density at radius 1 is 0.488 bits per heavy atom. The number of hydrogen-bond donors (Lipinski definition) is 3. The summed E-state index contributed by atoms with van der Waals surface area (Å²) in [4.78, 5) is 0. The molecule has 4 aliphatic rings. The third-order valence-electron chi connectivity index (χ3n) is 9.23. The zero-order valence-electron chi connectivity index (χ0n) is 23.4. The van der Waals surface area contributed by atoms with E-state index < -0.39 is 17.5 Å². The normalized spacial score (nSPS) is 23.7. The fourth-order valence-electron chi connectivity index (χ4n) is 7.68. The topological polar surface area (TPSA) is 106 Å². The molecule has 9 heteroatoms. The SMILES string of the molecule is Nc1ccc(F)cc1Oc1cc(Oc2cc(F)ccc2N)c(C2C3CC4CC(C3)CC2C4)c(Oc2cc(F)ccc2N)c1. The highest BCUT2D eigenvalue weighted by atomic mass is 19.1. The number of halogens is 3. The molecule has 4 aliphatic carbocycles. The second-order valence-electron chi connectivity index (χ2n) is 12.1. The third-order valence-corrected chi connectivity index (χ3v) is 9.23. The van der Waals surface area contributed by atoms with Crippen LogP contribution in [0.25, 0.3) is 0 Å². The van der Waals surface area contributed by atoms with E-state index in [0.29, 0.717) is 35.2 Å². The molecule has 222 valence electrons. The fraction of sp³-hybridized carbons (Fsp3) is 0.294. The van der Waals surface area contributed by atoms with Gasteiger partial charge in [0.1, 0.15) is 34.7 Å². The molecule has 4 saturated carbocycles. The number of rotatable bonds is 7. The van der Waals surface area contributed by atoms with Crippen molar-refractivity contribution in [2.75, 3.05) is 17.2 Å². The molecule has 0 amide bonds. The first-order chi connectivity index (χ1) is 20.7. The summed E-state index contributed by atoms with van der Waals surface area (Å²) in [7, 11) is 0. The highest BCUT2D eigenvalue weighted by Gasteiger charge is 2.50. The van der Waals surface area contributed by atoms with Gasteiger partial charge in [0.05, 0.1) is 17.1 Å². The predicted octanol–water partition coefficient (Wildman–Crippen LogP) is 8.77. The quantitative estimate of drug-likeness (QED) is 0.187. The van der Waals surface area contributed by atoms with Gasteiger partial charge in [-0.3, -0.25) is 0 Å². The third kappa shape index (κ3) is 5.28. The second-order valence-corrected chi connectivity index (χ2v) is 12.1. The average Bonchev–Trinajstić information content (AvgIpc) is 2.95. The van der Waals surface area contributed by atoms with Crippen LogP contribution in [0.5, 0.6) is 34.5 Å². The number of anilines is 3. The van der Waals surface area contributed by atoms with Gasteiger partial charge in [-0.25, -0.2) is 13.2 Å². The Bertz CT molecular complexity index is 1610. The number of ether oxygens (including phenoxy) is 3. The monoisotopic (exact) mass is 587 g/mol. The summed E-state index contributed by atoms with van der Waals surface area (Å²) in [5.74, 6) is 1.98. The maximum absolute atomic E-state index is 14.4. The van der Waals surface area contributed by atoms with Gasteiger partial charge in [0, 0.05) is 35.9 Å². The lowest BCUT2D eigenvalue weighted by Gasteiger charge is -2.54. The van der Waals surface area contributed by atoms with Gasteiger partial charge in [-0.2, -0.15) is 0 Å². The van der Waals surface area contributed by atoms with Gasteiger partial charge in [0.25, 0.3) is 0 Å². The maximum atomic E-state index is 14.4. The average molecular weight is 588 g/mol. The van der Waals surface area contributed by atoms with Crippen LogP contribution < -0.4 is 31.4 Å². The molecule has 0 aliphatic heterocycles. The smallest absolute Gasteiger partial charge is 0.153 e. The van der Waals surface area contributed by atoms with Crippen LogP contribution in [0.2, 0.25) is 0 Å². The molecular weight excluding hydrogens is 555 g/mol. The molecule has 43 heavy (non-hydrogen) atoms. The molecule has 0 spiro atoms. The highest BCUT2D eigenvalue weighted by Crippen LogP contribution is 2.63. The summed E-state index contributed by atoms with van der Waals surface area (Å²) >= 11 is 0. The van der Waals surface area contributed by atoms with E-state index in [1.165, 1.54) is 61.0 Å². The largest absolute Gasteiger partial charge is 0.455 e. The predicted molar refractivity (Wildman–Crippen MR) is 159 cm³/mol. The van der Waals surface area contributed by atoms with E-state index in [4.69, 9.17) is 31.4 Å². The first kappa shape index (κ1) is 27.3. The zero-order chi connectivity index (χ0) is 29.8. The van der Waals surface area contributed by atoms with E-state index in [9.17, 15) is 13.2 Å². The maximum Gasteiger partial charge on any atom is 0.153 e. The first-order valence-corrected chi connectivity index (χ1v) is 14.6. The lowest BCUT2D eigenvalue weighted by molar-refractivity contribution is -0.00397. The van der Waals surface area contributed by atoms with Crippen molar-refractivity contribution in [1.29, 1.82) is 0 Å². The summed E-state index contributed by atoms with van der Waals surface area (Å²) < 4.78 is 61.7. The molecule has 4 fully saturated rings. The van der Waals surface area contributed by atoms with Crippen LogP contribution in [-0.4, -0.2) is 0 Å². The van der Waals surface area contributed by atoms with E-state index in [2.05, 4.69) is 0 Å². The number of benzene rings is 4. The van der Waals surface area contributed by atoms with E-state index in [1.807, 2.05) is 0 Å². The molecule has 0 saturated heterocycles. The van der Waals surface area contributed by atoms with Crippen LogP contribution in [0.4, 0.5) is 30.2 Å². The molecule has 0 heterocycles. The summed E-state index contributed by atoms with van der Waals surface area (Å²) in [6.07, 6.45) is 5.66. The van der Waals surface area contributed by atoms with E-state index in [1.54, 1.807) is 12.1 Å². The lowest BCUT2D eigenvalue weighted by Crippen LogP contribution is -2.43. The number of hydrogen-bond acceptors (Lipinski definition) is 6. The van der Waals surface area contributed by atoms with E-state index in [0.717, 1.165) is 31.2 Å². The minimum Gasteiger partial charge on any atom is -0.455 e. The summed E-state index contributed by atoms with van der Waals surface area (Å²) in [6.45, 7) is 0. The highest BCUT2D eigenvalue weighted by molar-refractivity contribution is 5.62. The number of nitrogens with two attached hydrogens (primary N) is 3. The van der Waals surface area contributed by atoms with Gasteiger partial charge in [0.15, 0.2) is 17.2 Å². The molecule has 4 bridgehead atoms. The Hall–Kier alpha value is -4.53. The molecule has 0 atom stereocenters. The lowest BCUT2D eigenvalue weighted by atomic mass is 9.50. The summed E-state index contributed by atoms with van der Waals surface area (Å²) in [6, 6.07) is 15.0. The van der Waals surface area contributed by atoms with Gasteiger partial charge in [-0.1, -0.05) is 0 Å². The summed E-state index contributed by atoms with van der Waals surface area (Å²) in [5, 5.41) is 0. The molecule has 0 aromatic heterocycles. The van der Waals surface area contributed by atoms with Crippen LogP contribution in [0, 0.1) is 41.1 Å². The van der Waals surface area contributed by atoms with E-state index in [-0.39, 0.29) is 46.0 Å². The van der Waals surface area contributed by atoms with Crippen LogP contribution >= 0.6 is 0 Å². The molecule has 4 aromatic rings. The van der Waals surface area contributed by atoms with Gasteiger partial charge >= 0.3 is 0 Å². The van der Waals surface area contributed by atoms with Crippen molar-refractivity contribution in [1.82, 2.24) is 0 Å². The van der Waals surface area contributed by atoms with Crippen molar-refractivity contribution < 1.29 is 27.4 Å². The minimum atomic E-state index is -0.526. The Morgan fingerprint density at radius 3 is 1.30 bits per heavy atom. The van der Waals surface area contributed by atoms with Crippen LogP contribution in [0.1, 0.15) is 43.6 Å². The van der Waals surface area contributed by atoms with Gasteiger partial charge in [0.2, 0.25) is 0 Å². The van der Waals surface area contributed by atoms with Crippen LogP contribution in [-0.2, 0) is 0 Å². The molecule has 0 radical (unpaired) electrons. The molecular formula is C34H32F3N3O3. The summed E-state index contributed by atoms with van der Waals surface area (Å²) in [5.41, 5.74) is 20.0. The molecule has 8 rings (SSSR count). The van der Waals surface area contributed by atoms with Crippen molar-refractivity contribution >= 4 is 17.1 Å².